The second kappa shape index (κ2) is 8.56. The van der Waals surface area contributed by atoms with E-state index in [0.717, 1.165) is 27.8 Å². The molecular weight excluding hydrogens is 406 g/mol. The lowest BCUT2D eigenvalue weighted by atomic mass is 10.2. The van der Waals surface area contributed by atoms with E-state index in [9.17, 15) is 14.7 Å². The van der Waals surface area contributed by atoms with Crippen molar-refractivity contribution in [3.63, 3.8) is 0 Å². The number of carboxylic acid groups (broad SMARTS) is 1. The van der Waals surface area contributed by atoms with Crippen LogP contribution in [0.5, 0.6) is 5.75 Å². The van der Waals surface area contributed by atoms with Crippen LogP contribution in [0.3, 0.4) is 0 Å². The number of carboxylic acids is 1. The molecule has 5 nitrogen and oxygen atoms in total. The van der Waals surface area contributed by atoms with E-state index in [-0.39, 0.29) is 4.32 Å². The molecule has 0 aliphatic carbocycles. The fourth-order valence-corrected chi connectivity index (χ4v) is 3.83. The molecule has 0 N–H and O–H groups in total. The SMILES string of the molecule is O=C([O-])CN1C(=O)/C(=C\c2cccc(OCc3ccccc3Cl)c2)SC1=S. The second-order valence-corrected chi connectivity index (χ2v) is 7.68. The second-order valence-electron chi connectivity index (χ2n) is 5.59. The molecule has 0 radical (unpaired) electrons. The monoisotopic (exact) mass is 418 g/mol. The van der Waals surface area contributed by atoms with Gasteiger partial charge >= 0.3 is 0 Å². The van der Waals surface area contributed by atoms with Gasteiger partial charge in [-0.1, -0.05) is 65.9 Å². The number of halogens is 1. The average molecular weight is 419 g/mol. The third-order valence-corrected chi connectivity index (χ3v) is 5.42. The van der Waals surface area contributed by atoms with Gasteiger partial charge in [-0.25, -0.2) is 0 Å². The summed E-state index contributed by atoms with van der Waals surface area (Å²) in [6.45, 7) is -0.236. The number of hydrogen-bond donors (Lipinski definition) is 0. The summed E-state index contributed by atoms with van der Waals surface area (Å²) in [5, 5.41) is 11.4. The molecule has 0 saturated carbocycles. The van der Waals surface area contributed by atoms with Crippen molar-refractivity contribution in [1.82, 2.24) is 4.90 Å². The summed E-state index contributed by atoms with van der Waals surface area (Å²) in [5.74, 6) is -1.19. The summed E-state index contributed by atoms with van der Waals surface area (Å²) in [6, 6.07) is 14.6. The third kappa shape index (κ3) is 4.88. The lowest BCUT2D eigenvalue weighted by molar-refractivity contribution is -0.305. The number of aliphatic carboxylic acids is 1. The number of benzene rings is 2. The van der Waals surface area contributed by atoms with E-state index in [1.807, 2.05) is 24.3 Å². The van der Waals surface area contributed by atoms with E-state index in [2.05, 4.69) is 0 Å². The molecule has 1 amide bonds. The normalized spacial score (nSPS) is 15.4. The van der Waals surface area contributed by atoms with Crippen molar-refractivity contribution in [3.05, 3.63) is 69.6 Å². The first-order valence-electron chi connectivity index (χ1n) is 7.85. The van der Waals surface area contributed by atoms with Crippen molar-refractivity contribution >= 4 is 57.9 Å². The first-order chi connectivity index (χ1) is 12.9. The van der Waals surface area contributed by atoms with Crippen molar-refractivity contribution in [3.8, 4) is 5.75 Å². The van der Waals surface area contributed by atoms with Crippen LogP contribution in [0.1, 0.15) is 11.1 Å². The molecule has 1 fully saturated rings. The number of carbonyl (C=O) groups is 2. The number of hydrogen-bond acceptors (Lipinski definition) is 6. The molecule has 3 rings (SSSR count). The van der Waals surface area contributed by atoms with Crippen molar-refractivity contribution in [2.45, 2.75) is 6.61 Å². The van der Waals surface area contributed by atoms with Crippen LogP contribution in [0.4, 0.5) is 0 Å². The van der Waals surface area contributed by atoms with Crippen molar-refractivity contribution in [2.75, 3.05) is 6.54 Å². The maximum Gasteiger partial charge on any atom is 0.266 e. The quantitative estimate of drug-likeness (QED) is 0.530. The minimum absolute atomic E-state index is 0.196. The van der Waals surface area contributed by atoms with E-state index in [1.165, 1.54) is 0 Å². The Balaban J connectivity index is 1.73. The lowest BCUT2D eigenvalue weighted by Gasteiger charge is -2.14. The van der Waals surface area contributed by atoms with Gasteiger partial charge in [0, 0.05) is 10.6 Å². The highest BCUT2D eigenvalue weighted by molar-refractivity contribution is 8.26. The molecule has 0 unspecified atom stereocenters. The summed E-state index contributed by atoms with van der Waals surface area (Å²) in [4.78, 5) is 24.4. The van der Waals surface area contributed by atoms with Gasteiger partial charge in [-0.05, 0) is 29.8 Å². The number of amides is 1. The first kappa shape index (κ1) is 19.4. The van der Waals surface area contributed by atoms with Crippen LogP contribution in [0.25, 0.3) is 6.08 Å². The molecule has 1 aliphatic heterocycles. The van der Waals surface area contributed by atoms with Gasteiger partial charge in [-0.15, -0.1) is 0 Å². The molecule has 1 aliphatic rings. The minimum Gasteiger partial charge on any atom is -0.548 e. The number of ether oxygens (including phenoxy) is 1. The highest BCUT2D eigenvalue weighted by Gasteiger charge is 2.31. The van der Waals surface area contributed by atoms with Gasteiger partial charge in [0.2, 0.25) is 0 Å². The van der Waals surface area contributed by atoms with Gasteiger partial charge in [-0.3, -0.25) is 9.69 Å². The Bertz CT molecular complexity index is 945. The van der Waals surface area contributed by atoms with Crippen LogP contribution < -0.4 is 9.84 Å². The number of nitrogens with zero attached hydrogens (tertiary/aromatic N) is 1. The zero-order chi connectivity index (χ0) is 19.4. The van der Waals surface area contributed by atoms with Gasteiger partial charge in [-0.2, -0.15) is 0 Å². The molecule has 1 heterocycles. The molecule has 0 atom stereocenters. The van der Waals surface area contributed by atoms with Gasteiger partial charge in [0.1, 0.15) is 16.7 Å². The molecule has 27 heavy (non-hydrogen) atoms. The zero-order valence-electron chi connectivity index (χ0n) is 13.9. The predicted molar refractivity (Wildman–Crippen MR) is 107 cm³/mol. The molecule has 2 aromatic carbocycles. The molecule has 1 saturated heterocycles. The fraction of sp³-hybridized carbons (Fsp3) is 0.105. The summed E-state index contributed by atoms with van der Waals surface area (Å²) in [7, 11) is 0. The lowest BCUT2D eigenvalue weighted by Crippen LogP contribution is -2.40. The minimum atomic E-state index is -1.36. The molecule has 0 bridgehead atoms. The standard InChI is InChI=1S/C19H14ClNO4S2/c20-15-7-2-1-5-13(15)11-25-14-6-3-4-12(8-14)9-16-18(24)21(10-17(22)23)19(26)27-16/h1-9H,10-11H2,(H,22,23)/p-1/b16-9+. The molecule has 0 spiro atoms. The molecule has 0 aromatic heterocycles. The molecular formula is C19H13ClNO4S2-. The number of thiocarbonyl (C=S) groups is 1. The van der Waals surface area contributed by atoms with Gasteiger partial charge in [0.25, 0.3) is 5.91 Å². The highest BCUT2D eigenvalue weighted by atomic mass is 35.5. The Hall–Kier alpha value is -2.35. The fourth-order valence-electron chi connectivity index (χ4n) is 2.39. The van der Waals surface area contributed by atoms with E-state index < -0.39 is 18.4 Å². The summed E-state index contributed by atoms with van der Waals surface area (Å²) in [6.07, 6.45) is 1.65. The predicted octanol–water partition coefficient (Wildman–Crippen LogP) is 2.87. The van der Waals surface area contributed by atoms with Crippen LogP contribution in [0, 0.1) is 0 Å². The Morgan fingerprint density at radius 3 is 2.78 bits per heavy atom. The smallest absolute Gasteiger partial charge is 0.266 e. The maximum atomic E-state index is 12.3. The average Bonchev–Trinajstić information content (AvgIpc) is 2.88. The van der Waals surface area contributed by atoms with Crippen molar-refractivity contribution in [2.24, 2.45) is 0 Å². The Kier molecular flexibility index (Phi) is 6.15. The van der Waals surface area contributed by atoms with E-state index in [0.29, 0.717) is 22.3 Å². The highest BCUT2D eigenvalue weighted by Crippen LogP contribution is 2.32. The summed E-state index contributed by atoms with van der Waals surface area (Å²) >= 11 is 12.2. The Morgan fingerprint density at radius 2 is 2.04 bits per heavy atom. The number of carbonyl (C=O) groups excluding carboxylic acids is 2. The Morgan fingerprint density at radius 1 is 1.26 bits per heavy atom. The number of rotatable bonds is 6. The maximum absolute atomic E-state index is 12.3. The van der Waals surface area contributed by atoms with Gasteiger partial charge in [0.05, 0.1) is 17.4 Å². The zero-order valence-corrected chi connectivity index (χ0v) is 16.3. The Labute approximate surface area is 170 Å². The van der Waals surface area contributed by atoms with E-state index >= 15 is 0 Å². The van der Waals surface area contributed by atoms with E-state index in [1.54, 1.807) is 30.3 Å². The van der Waals surface area contributed by atoms with Crippen molar-refractivity contribution in [1.29, 1.82) is 0 Å². The number of thioether (sulfide) groups is 1. The van der Waals surface area contributed by atoms with Crippen LogP contribution >= 0.6 is 35.6 Å². The topological polar surface area (TPSA) is 69.7 Å². The first-order valence-corrected chi connectivity index (χ1v) is 9.46. The van der Waals surface area contributed by atoms with Gasteiger partial charge in [0.15, 0.2) is 0 Å². The summed E-state index contributed by atoms with van der Waals surface area (Å²) < 4.78 is 5.97. The van der Waals surface area contributed by atoms with Crippen LogP contribution in [0.15, 0.2) is 53.4 Å². The largest absolute Gasteiger partial charge is 0.548 e. The van der Waals surface area contributed by atoms with Gasteiger partial charge < -0.3 is 14.6 Å². The van der Waals surface area contributed by atoms with Crippen molar-refractivity contribution < 1.29 is 19.4 Å². The third-order valence-electron chi connectivity index (χ3n) is 3.67. The molecule has 138 valence electrons. The summed E-state index contributed by atoms with van der Waals surface area (Å²) in [5.41, 5.74) is 1.60. The van der Waals surface area contributed by atoms with E-state index in [4.69, 9.17) is 28.6 Å². The molecule has 8 heteroatoms. The van der Waals surface area contributed by atoms with Crippen LogP contribution in [0.2, 0.25) is 5.02 Å². The van der Waals surface area contributed by atoms with Crippen LogP contribution in [-0.4, -0.2) is 27.6 Å². The van der Waals surface area contributed by atoms with Crippen LogP contribution in [-0.2, 0) is 16.2 Å². The molecule has 2 aromatic rings.